The zero-order valence-electron chi connectivity index (χ0n) is 26.5. The molecular formula is C31H47N7O8. The van der Waals surface area contributed by atoms with E-state index in [9.17, 15) is 19.2 Å². The second-order valence-electron chi connectivity index (χ2n) is 10.1. The number of ether oxygens (including phenoxy) is 4. The molecule has 15 nitrogen and oxygen atoms in total. The van der Waals surface area contributed by atoms with Crippen LogP contribution in [0.1, 0.15) is 31.2 Å². The molecule has 0 aliphatic carbocycles. The molecule has 5 N–H and O–H groups in total. The number of rotatable bonds is 26. The summed E-state index contributed by atoms with van der Waals surface area (Å²) in [6.45, 7) is 6.59. The fraction of sp³-hybridized carbons (Fsp3) is 0.548. The fourth-order valence-electron chi connectivity index (χ4n) is 3.90. The van der Waals surface area contributed by atoms with Gasteiger partial charge in [0.1, 0.15) is 0 Å². The third-order valence-electron chi connectivity index (χ3n) is 6.41. The zero-order chi connectivity index (χ0) is 33.2. The molecular weight excluding hydrogens is 598 g/mol. The molecule has 0 spiro atoms. The van der Waals surface area contributed by atoms with E-state index in [1.807, 2.05) is 31.2 Å². The van der Waals surface area contributed by atoms with Crippen molar-refractivity contribution in [1.82, 2.24) is 20.9 Å². The van der Waals surface area contributed by atoms with Gasteiger partial charge in [0, 0.05) is 56.6 Å². The van der Waals surface area contributed by atoms with Gasteiger partial charge in [-0.25, -0.2) is 10.3 Å². The van der Waals surface area contributed by atoms with E-state index in [4.69, 9.17) is 24.5 Å². The second-order valence-corrected chi connectivity index (χ2v) is 10.1. The van der Waals surface area contributed by atoms with E-state index in [0.29, 0.717) is 71.5 Å². The van der Waals surface area contributed by atoms with Gasteiger partial charge >= 0.3 is 6.03 Å². The molecule has 0 bridgehead atoms. The normalized spacial score (nSPS) is 12.8. The number of carbonyl (C=O) groups is 4. The Bertz CT molecular complexity index is 1130. The minimum absolute atomic E-state index is 0.139. The van der Waals surface area contributed by atoms with E-state index in [-0.39, 0.29) is 49.9 Å². The minimum atomic E-state index is -0.372. The first kappa shape index (κ1) is 38.0. The topological polar surface area (TPSA) is 193 Å². The van der Waals surface area contributed by atoms with Gasteiger partial charge in [-0.05, 0) is 38.3 Å². The first-order valence-electron chi connectivity index (χ1n) is 15.4. The molecule has 1 aromatic carbocycles. The molecule has 0 saturated carbocycles. The lowest BCUT2D eigenvalue weighted by Gasteiger charge is -2.14. The molecule has 5 amide bonds. The summed E-state index contributed by atoms with van der Waals surface area (Å²) >= 11 is 0. The molecule has 46 heavy (non-hydrogen) atoms. The molecule has 254 valence electrons. The van der Waals surface area contributed by atoms with Crippen molar-refractivity contribution >= 4 is 29.4 Å². The Labute approximate surface area is 269 Å². The molecule has 1 aliphatic rings. The number of nitrogens with zero attached hydrogens (tertiary/aromatic N) is 2. The highest BCUT2D eigenvalue weighted by Crippen LogP contribution is 2.09. The van der Waals surface area contributed by atoms with Crippen molar-refractivity contribution in [3.05, 3.63) is 53.9 Å². The maximum absolute atomic E-state index is 11.9. The number of unbranched alkanes of at least 4 members (excludes halogenated alkanes) is 1. The molecule has 0 atom stereocenters. The van der Waals surface area contributed by atoms with Crippen LogP contribution in [0.25, 0.3) is 0 Å². The molecule has 15 heteroatoms. The largest absolute Gasteiger partial charge is 0.387 e. The molecule has 1 heterocycles. The van der Waals surface area contributed by atoms with Crippen LogP contribution in [0.2, 0.25) is 0 Å². The zero-order valence-corrected chi connectivity index (χ0v) is 26.5. The van der Waals surface area contributed by atoms with Crippen molar-refractivity contribution in [1.29, 1.82) is 5.53 Å². The number of carbonyl (C=O) groups excluding carboxylic acids is 4. The lowest BCUT2D eigenvalue weighted by Crippen LogP contribution is -2.38. The molecule has 1 aromatic rings. The number of aryl methyl sites for hydroxylation is 1. The van der Waals surface area contributed by atoms with Crippen LogP contribution >= 0.6 is 0 Å². The summed E-state index contributed by atoms with van der Waals surface area (Å²) in [6, 6.07) is 7.35. The molecule has 1 aliphatic heterocycles. The summed E-state index contributed by atoms with van der Waals surface area (Å²) in [5.74, 6) is -0.964. The number of benzene rings is 1. The van der Waals surface area contributed by atoms with Crippen LogP contribution in [0.15, 0.2) is 53.4 Å². The van der Waals surface area contributed by atoms with E-state index in [1.165, 1.54) is 12.2 Å². The van der Waals surface area contributed by atoms with Crippen molar-refractivity contribution < 1.29 is 38.1 Å². The molecule has 0 fully saturated rings. The molecule has 0 saturated heterocycles. The number of imide groups is 1. The van der Waals surface area contributed by atoms with Gasteiger partial charge in [-0.2, -0.15) is 5.11 Å². The average molecular weight is 646 g/mol. The SMILES string of the molecule is Cc1ccc(NC(=O)NCCCC/C(=C/NCCOCCOCCOCCOCCC(=O)NCCN2C(=O)C=CC2=O)N=N)cc1. The maximum atomic E-state index is 11.9. The molecule has 0 unspecified atom stereocenters. The van der Waals surface area contributed by atoms with Crippen molar-refractivity contribution in [2.75, 3.05) is 84.4 Å². The Morgan fingerprint density at radius 2 is 1.39 bits per heavy atom. The Kier molecular flexibility index (Phi) is 19.9. The summed E-state index contributed by atoms with van der Waals surface area (Å²) in [4.78, 5) is 47.7. The van der Waals surface area contributed by atoms with Crippen LogP contribution in [0.3, 0.4) is 0 Å². The van der Waals surface area contributed by atoms with Crippen LogP contribution in [0.4, 0.5) is 10.5 Å². The summed E-state index contributed by atoms with van der Waals surface area (Å²) < 4.78 is 21.8. The van der Waals surface area contributed by atoms with E-state index in [2.05, 4.69) is 26.4 Å². The first-order valence-corrected chi connectivity index (χ1v) is 15.4. The number of anilines is 1. The van der Waals surface area contributed by atoms with Crippen LogP contribution in [0.5, 0.6) is 0 Å². The monoisotopic (exact) mass is 645 g/mol. The smallest absolute Gasteiger partial charge is 0.319 e. The highest BCUT2D eigenvalue weighted by atomic mass is 16.6. The van der Waals surface area contributed by atoms with E-state index < -0.39 is 0 Å². The molecule has 0 radical (unpaired) electrons. The van der Waals surface area contributed by atoms with Gasteiger partial charge in [0.2, 0.25) is 5.91 Å². The van der Waals surface area contributed by atoms with Crippen LogP contribution < -0.4 is 21.3 Å². The van der Waals surface area contributed by atoms with Crippen LogP contribution in [-0.4, -0.2) is 108 Å². The molecule has 2 rings (SSSR count). The second kappa shape index (κ2) is 24.1. The van der Waals surface area contributed by atoms with Crippen molar-refractivity contribution in [2.24, 2.45) is 5.11 Å². The fourth-order valence-corrected chi connectivity index (χ4v) is 3.90. The summed E-state index contributed by atoms with van der Waals surface area (Å²) in [6.07, 6.45) is 6.49. The van der Waals surface area contributed by atoms with Crippen LogP contribution in [0, 0.1) is 12.5 Å². The average Bonchev–Trinajstić information content (AvgIpc) is 3.36. The van der Waals surface area contributed by atoms with Crippen molar-refractivity contribution in [3.63, 3.8) is 0 Å². The summed E-state index contributed by atoms with van der Waals surface area (Å²) in [5, 5.41) is 14.9. The maximum Gasteiger partial charge on any atom is 0.319 e. The van der Waals surface area contributed by atoms with Gasteiger partial charge in [0.25, 0.3) is 11.8 Å². The first-order chi connectivity index (χ1) is 22.4. The van der Waals surface area contributed by atoms with Gasteiger partial charge in [0.15, 0.2) is 0 Å². The van der Waals surface area contributed by atoms with Gasteiger partial charge in [0.05, 0.1) is 58.6 Å². The highest BCUT2D eigenvalue weighted by Gasteiger charge is 2.22. The van der Waals surface area contributed by atoms with Gasteiger partial charge in [-0.1, -0.05) is 17.7 Å². The van der Waals surface area contributed by atoms with Gasteiger partial charge in [-0.15, -0.1) is 0 Å². The van der Waals surface area contributed by atoms with Gasteiger partial charge < -0.3 is 40.2 Å². The third-order valence-corrected chi connectivity index (χ3v) is 6.41. The Balaban J connectivity index is 1.30. The highest BCUT2D eigenvalue weighted by molar-refractivity contribution is 6.12. The van der Waals surface area contributed by atoms with E-state index >= 15 is 0 Å². The number of urea groups is 1. The Hall–Kier alpha value is -4.18. The van der Waals surface area contributed by atoms with Crippen molar-refractivity contribution in [2.45, 2.75) is 32.6 Å². The number of nitrogens with one attached hydrogen (secondary N) is 5. The minimum Gasteiger partial charge on any atom is -0.387 e. The number of hydrogen-bond donors (Lipinski definition) is 5. The predicted octanol–water partition coefficient (Wildman–Crippen LogP) is 2.25. The summed E-state index contributed by atoms with van der Waals surface area (Å²) in [5.41, 5.74) is 9.85. The van der Waals surface area contributed by atoms with Crippen LogP contribution in [-0.2, 0) is 33.3 Å². The Morgan fingerprint density at radius 3 is 2.02 bits per heavy atom. The number of hydrogen-bond acceptors (Lipinski definition) is 11. The molecule has 0 aromatic heterocycles. The standard InChI is InChI=1S/C31H47N7O8/c1-25-5-7-26(8-6-25)36-31(42)35-12-3-2-4-27(37-32)24-33-14-17-44-19-21-46-23-22-45-20-18-43-16-11-28(39)34-13-15-38-29(40)9-10-30(38)41/h5-10,24,32-33H,2-4,11-23H2,1H3,(H,34,39)(H2,35,36,42)/b27-24-,37-32?. The predicted molar refractivity (Wildman–Crippen MR) is 170 cm³/mol. The lowest BCUT2D eigenvalue weighted by atomic mass is 10.2. The number of amides is 5. The summed E-state index contributed by atoms with van der Waals surface area (Å²) in [7, 11) is 0. The Morgan fingerprint density at radius 1 is 0.783 bits per heavy atom. The third kappa shape index (κ3) is 17.9. The number of allylic oxidation sites excluding steroid dienone is 1. The van der Waals surface area contributed by atoms with E-state index in [0.717, 1.165) is 29.0 Å². The van der Waals surface area contributed by atoms with E-state index in [1.54, 1.807) is 6.20 Å². The van der Waals surface area contributed by atoms with Gasteiger partial charge in [-0.3, -0.25) is 19.3 Å². The van der Waals surface area contributed by atoms with Crippen molar-refractivity contribution in [3.8, 4) is 0 Å². The quantitative estimate of drug-likeness (QED) is 0.0571. The lowest BCUT2D eigenvalue weighted by molar-refractivity contribution is -0.137.